The number of nitrogens with two attached hydrogens (primary N) is 1. The fourth-order valence-electron chi connectivity index (χ4n) is 2.05. The highest BCUT2D eigenvalue weighted by atomic mass is 16.1. The molecule has 0 aromatic heterocycles. The second kappa shape index (κ2) is 6.10. The minimum atomic E-state index is -0.104. The predicted octanol–water partition coefficient (Wildman–Crippen LogP) is 2.79. The van der Waals surface area contributed by atoms with Gasteiger partial charge in [-0.2, -0.15) is 0 Å². The molecule has 0 aliphatic rings. The van der Waals surface area contributed by atoms with Crippen molar-refractivity contribution in [2.45, 2.75) is 6.92 Å². The van der Waals surface area contributed by atoms with E-state index in [9.17, 15) is 4.79 Å². The molecule has 0 atom stereocenters. The maximum atomic E-state index is 11.8. The van der Waals surface area contributed by atoms with Crippen molar-refractivity contribution in [2.24, 2.45) is 0 Å². The number of amides is 1. The first-order chi connectivity index (χ1) is 9.63. The first kappa shape index (κ1) is 13.9. The van der Waals surface area contributed by atoms with Crippen molar-refractivity contribution in [3.8, 4) is 0 Å². The molecule has 3 N–H and O–H groups in total. The number of benzene rings is 2. The lowest BCUT2D eigenvalue weighted by molar-refractivity contribution is 0.0956. The van der Waals surface area contributed by atoms with Crippen LogP contribution in [0, 0.1) is 0 Å². The van der Waals surface area contributed by atoms with Gasteiger partial charge < -0.3 is 16.0 Å². The summed E-state index contributed by atoms with van der Waals surface area (Å²) in [6.07, 6.45) is 0. The molecule has 1 amide bonds. The van der Waals surface area contributed by atoms with E-state index < -0.39 is 0 Å². The van der Waals surface area contributed by atoms with Gasteiger partial charge >= 0.3 is 0 Å². The molecule has 0 aliphatic carbocycles. The minimum absolute atomic E-state index is 0.104. The van der Waals surface area contributed by atoms with Crippen LogP contribution in [0.3, 0.4) is 0 Å². The fraction of sp³-hybridized carbons (Fsp3) is 0.188. The zero-order chi connectivity index (χ0) is 14.5. The van der Waals surface area contributed by atoms with Gasteiger partial charge in [-0.05, 0) is 37.3 Å². The molecule has 104 valence electrons. The molecule has 2 aromatic carbocycles. The first-order valence-electron chi connectivity index (χ1n) is 6.60. The number of hydrogen-bond acceptors (Lipinski definition) is 3. The molecule has 0 unspecified atom stereocenters. The third-order valence-electron chi connectivity index (χ3n) is 3.13. The Balaban J connectivity index is 2.28. The van der Waals surface area contributed by atoms with E-state index in [0.29, 0.717) is 17.8 Å². The molecular weight excluding hydrogens is 250 g/mol. The van der Waals surface area contributed by atoms with E-state index in [1.165, 1.54) is 0 Å². The summed E-state index contributed by atoms with van der Waals surface area (Å²) >= 11 is 0. The highest BCUT2D eigenvalue weighted by molar-refractivity contribution is 5.96. The number of carbonyl (C=O) groups is 1. The van der Waals surface area contributed by atoms with Crippen LogP contribution in [-0.4, -0.2) is 19.5 Å². The molecule has 0 fully saturated rings. The Kier molecular flexibility index (Phi) is 4.25. The summed E-state index contributed by atoms with van der Waals surface area (Å²) in [4.78, 5) is 13.8. The molecule has 2 aromatic rings. The van der Waals surface area contributed by atoms with Crippen LogP contribution in [0.1, 0.15) is 17.3 Å². The average Bonchev–Trinajstić information content (AvgIpc) is 2.47. The Morgan fingerprint density at radius 3 is 2.50 bits per heavy atom. The molecule has 0 radical (unpaired) electrons. The lowest BCUT2D eigenvalue weighted by atomic mass is 10.1. The van der Waals surface area contributed by atoms with Crippen LogP contribution < -0.4 is 16.0 Å². The van der Waals surface area contributed by atoms with Crippen molar-refractivity contribution in [3.05, 3.63) is 54.1 Å². The van der Waals surface area contributed by atoms with E-state index in [0.717, 1.165) is 11.4 Å². The van der Waals surface area contributed by atoms with Crippen LogP contribution in [-0.2, 0) is 0 Å². The Morgan fingerprint density at radius 1 is 1.20 bits per heavy atom. The zero-order valence-electron chi connectivity index (χ0n) is 11.8. The van der Waals surface area contributed by atoms with Crippen molar-refractivity contribution < 1.29 is 4.79 Å². The number of rotatable bonds is 4. The second-order valence-corrected chi connectivity index (χ2v) is 4.53. The van der Waals surface area contributed by atoms with Gasteiger partial charge in [0.2, 0.25) is 0 Å². The van der Waals surface area contributed by atoms with Crippen molar-refractivity contribution in [1.29, 1.82) is 0 Å². The maximum Gasteiger partial charge on any atom is 0.251 e. The van der Waals surface area contributed by atoms with Gasteiger partial charge in [-0.15, -0.1) is 0 Å². The van der Waals surface area contributed by atoms with Gasteiger partial charge in [-0.25, -0.2) is 0 Å². The smallest absolute Gasteiger partial charge is 0.251 e. The molecule has 4 nitrogen and oxygen atoms in total. The van der Waals surface area contributed by atoms with Gasteiger partial charge in [0.15, 0.2) is 0 Å². The fourth-order valence-corrected chi connectivity index (χ4v) is 2.05. The molecular formula is C16H19N3O. The third kappa shape index (κ3) is 2.91. The van der Waals surface area contributed by atoms with Gasteiger partial charge in [0.05, 0.1) is 11.4 Å². The largest absolute Gasteiger partial charge is 0.397 e. The summed E-state index contributed by atoms with van der Waals surface area (Å²) in [7, 11) is 1.95. The van der Waals surface area contributed by atoms with Crippen LogP contribution >= 0.6 is 0 Å². The van der Waals surface area contributed by atoms with Crippen molar-refractivity contribution in [1.82, 2.24) is 5.32 Å². The van der Waals surface area contributed by atoms with E-state index in [4.69, 9.17) is 5.73 Å². The van der Waals surface area contributed by atoms with Gasteiger partial charge in [-0.1, -0.05) is 18.2 Å². The molecule has 0 saturated heterocycles. The lowest BCUT2D eigenvalue weighted by Gasteiger charge is -2.21. The van der Waals surface area contributed by atoms with Gasteiger partial charge in [0, 0.05) is 24.8 Å². The zero-order valence-corrected chi connectivity index (χ0v) is 11.8. The van der Waals surface area contributed by atoms with Crippen LogP contribution in [0.2, 0.25) is 0 Å². The van der Waals surface area contributed by atoms with E-state index in [2.05, 4.69) is 5.32 Å². The standard InChI is InChI=1S/C16H19N3O/c1-3-18-16(20)12-9-10-15(14(17)11-12)19(2)13-7-5-4-6-8-13/h4-11H,3,17H2,1-2H3,(H,18,20). The van der Waals surface area contributed by atoms with Crippen LogP contribution in [0.25, 0.3) is 0 Å². The predicted molar refractivity (Wildman–Crippen MR) is 83.4 cm³/mol. The number of nitrogen functional groups attached to an aromatic ring is 1. The minimum Gasteiger partial charge on any atom is -0.397 e. The number of nitrogens with zero attached hydrogens (tertiary/aromatic N) is 1. The summed E-state index contributed by atoms with van der Waals surface area (Å²) in [5.74, 6) is -0.104. The molecule has 2 rings (SSSR count). The summed E-state index contributed by atoms with van der Waals surface area (Å²) in [5.41, 5.74) is 9.16. The SMILES string of the molecule is CCNC(=O)c1ccc(N(C)c2ccccc2)c(N)c1. The number of carbonyl (C=O) groups excluding carboxylic acids is 1. The van der Waals surface area contributed by atoms with E-state index in [1.807, 2.05) is 55.3 Å². The summed E-state index contributed by atoms with van der Waals surface area (Å²) in [6.45, 7) is 2.49. The highest BCUT2D eigenvalue weighted by Gasteiger charge is 2.11. The summed E-state index contributed by atoms with van der Waals surface area (Å²) < 4.78 is 0. The quantitative estimate of drug-likeness (QED) is 0.839. The van der Waals surface area contributed by atoms with Gasteiger partial charge in [0.25, 0.3) is 5.91 Å². The Bertz CT molecular complexity index is 596. The first-order valence-corrected chi connectivity index (χ1v) is 6.60. The number of anilines is 3. The molecule has 0 heterocycles. The van der Waals surface area contributed by atoms with Gasteiger partial charge in [0.1, 0.15) is 0 Å². The molecule has 4 heteroatoms. The third-order valence-corrected chi connectivity index (χ3v) is 3.13. The van der Waals surface area contributed by atoms with Gasteiger partial charge in [-0.3, -0.25) is 4.79 Å². The van der Waals surface area contributed by atoms with Crippen molar-refractivity contribution in [2.75, 3.05) is 24.2 Å². The molecule has 0 bridgehead atoms. The van der Waals surface area contributed by atoms with E-state index >= 15 is 0 Å². The number of hydrogen-bond donors (Lipinski definition) is 2. The van der Waals surface area contributed by atoms with Crippen molar-refractivity contribution >= 4 is 23.0 Å². The van der Waals surface area contributed by atoms with Crippen LogP contribution in [0.5, 0.6) is 0 Å². The molecule has 20 heavy (non-hydrogen) atoms. The van der Waals surface area contributed by atoms with E-state index in [-0.39, 0.29) is 5.91 Å². The topological polar surface area (TPSA) is 58.4 Å². The Morgan fingerprint density at radius 2 is 1.90 bits per heavy atom. The lowest BCUT2D eigenvalue weighted by Crippen LogP contribution is -2.23. The normalized spacial score (nSPS) is 10.1. The van der Waals surface area contributed by atoms with Crippen LogP contribution in [0.4, 0.5) is 17.1 Å². The highest BCUT2D eigenvalue weighted by Crippen LogP contribution is 2.29. The Hall–Kier alpha value is -2.49. The summed E-state index contributed by atoms with van der Waals surface area (Å²) in [6, 6.07) is 15.3. The maximum absolute atomic E-state index is 11.8. The molecule has 0 spiro atoms. The van der Waals surface area contributed by atoms with Crippen molar-refractivity contribution in [3.63, 3.8) is 0 Å². The van der Waals surface area contributed by atoms with E-state index in [1.54, 1.807) is 12.1 Å². The number of nitrogens with one attached hydrogen (secondary N) is 1. The second-order valence-electron chi connectivity index (χ2n) is 4.53. The molecule has 0 aliphatic heterocycles. The number of para-hydroxylation sites is 1. The van der Waals surface area contributed by atoms with Crippen LogP contribution in [0.15, 0.2) is 48.5 Å². The average molecular weight is 269 g/mol. The monoisotopic (exact) mass is 269 g/mol. The molecule has 0 saturated carbocycles. The summed E-state index contributed by atoms with van der Waals surface area (Å²) in [5, 5.41) is 2.76. The Labute approximate surface area is 119 Å².